The highest BCUT2D eigenvalue weighted by Gasteiger charge is 2.07. The molecule has 0 aliphatic rings. The third-order valence-electron chi connectivity index (χ3n) is 4.17. The van der Waals surface area contributed by atoms with Crippen molar-refractivity contribution in [1.82, 2.24) is 9.88 Å². The molecule has 0 radical (unpaired) electrons. The lowest BCUT2D eigenvalue weighted by Gasteiger charge is -2.20. The van der Waals surface area contributed by atoms with Crippen molar-refractivity contribution < 1.29 is 4.42 Å². The third-order valence-corrected chi connectivity index (χ3v) is 4.41. The van der Waals surface area contributed by atoms with Crippen LogP contribution in [0, 0.1) is 0 Å². The number of hydrogen-bond donors (Lipinski definition) is 1. The average Bonchev–Trinajstić information content (AvgIpc) is 3.11. The van der Waals surface area contributed by atoms with E-state index < -0.39 is 0 Å². The maximum atomic E-state index is 6.05. The summed E-state index contributed by atoms with van der Waals surface area (Å²) >= 11 is 6.05. The quantitative estimate of drug-likeness (QED) is 0.535. The highest BCUT2D eigenvalue weighted by atomic mass is 35.5. The minimum Gasteiger partial charge on any atom is -0.468 e. The van der Waals surface area contributed by atoms with Crippen LogP contribution in [0.15, 0.2) is 53.3 Å². The molecule has 0 aliphatic heterocycles. The third kappa shape index (κ3) is 4.97. The lowest BCUT2D eigenvalue weighted by Crippen LogP contribution is -2.26. The molecule has 2 aromatic heterocycles. The van der Waals surface area contributed by atoms with Crippen molar-refractivity contribution in [3.63, 3.8) is 0 Å². The molecule has 5 heteroatoms. The van der Waals surface area contributed by atoms with Gasteiger partial charge in [-0.05, 0) is 55.8 Å². The number of anilines is 1. The van der Waals surface area contributed by atoms with Crippen molar-refractivity contribution in [3.05, 3.63) is 59.6 Å². The normalized spacial score (nSPS) is 11.3. The van der Waals surface area contributed by atoms with Crippen LogP contribution < -0.4 is 5.32 Å². The van der Waals surface area contributed by atoms with E-state index in [0.29, 0.717) is 5.02 Å². The Morgan fingerprint density at radius 3 is 2.92 bits per heavy atom. The predicted molar refractivity (Wildman–Crippen MR) is 104 cm³/mol. The van der Waals surface area contributed by atoms with Crippen LogP contribution in [0.2, 0.25) is 5.02 Å². The van der Waals surface area contributed by atoms with E-state index in [1.165, 1.54) is 0 Å². The van der Waals surface area contributed by atoms with Crippen LogP contribution in [0.3, 0.4) is 0 Å². The van der Waals surface area contributed by atoms with E-state index in [1.807, 2.05) is 42.6 Å². The second-order valence-corrected chi connectivity index (χ2v) is 6.59. The summed E-state index contributed by atoms with van der Waals surface area (Å²) in [4.78, 5) is 6.82. The summed E-state index contributed by atoms with van der Waals surface area (Å²) in [5, 5.41) is 5.35. The topological polar surface area (TPSA) is 41.3 Å². The first kappa shape index (κ1) is 17.8. The van der Waals surface area contributed by atoms with E-state index in [0.717, 1.165) is 61.4 Å². The molecule has 0 unspecified atom stereocenters. The van der Waals surface area contributed by atoms with Gasteiger partial charge in [-0.25, -0.2) is 0 Å². The molecule has 3 rings (SSSR count). The smallest absolute Gasteiger partial charge is 0.117 e. The van der Waals surface area contributed by atoms with Gasteiger partial charge in [-0.15, -0.1) is 0 Å². The molecule has 132 valence electrons. The number of benzene rings is 1. The molecule has 1 aromatic carbocycles. The van der Waals surface area contributed by atoms with Crippen LogP contribution in [0.1, 0.15) is 25.5 Å². The summed E-state index contributed by atoms with van der Waals surface area (Å²) in [7, 11) is 0. The number of hydrogen-bond acceptors (Lipinski definition) is 4. The molecule has 0 amide bonds. The van der Waals surface area contributed by atoms with Crippen LogP contribution in [-0.2, 0) is 6.54 Å². The Hall–Kier alpha value is -2.04. The summed E-state index contributed by atoms with van der Waals surface area (Å²) in [6.45, 7) is 6.12. The van der Waals surface area contributed by atoms with Crippen LogP contribution >= 0.6 is 11.6 Å². The fourth-order valence-corrected chi connectivity index (χ4v) is 3.18. The molecule has 0 aliphatic carbocycles. The van der Waals surface area contributed by atoms with Gasteiger partial charge in [-0.2, -0.15) is 0 Å². The first-order valence-electron chi connectivity index (χ1n) is 8.79. The van der Waals surface area contributed by atoms with Gasteiger partial charge >= 0.3 is 0 Å². The molecule has 25 heavy (non-hydrogen) atoms. The van der Waals surface area contributed by atoms with E-state index in [2.05, 4.69) is 22.1 Å². The zero-order chi connectivity index (χ0) is 17.5. The lowest BCUT2D eigenvalue weighted by molar-refractivity contribution is 0.243. The van der Waals surface area contributed by atoms with Crippen molar-refractivity contribution in [3.8, 4) is 0 Å². The zero-order valence-electron chi connectivity index (χ0n) is 14.5. The second kappa shape index (κ2) is 8.88. The molecule has 1 N–H and O–H groups in total. The molecule has 2 heterocycles. The molecule has 3 aromatic rings. The largest absolute Gasteiger partial charge is 0.468 e. The van der Waals surface area contributed by atoms with Gasteiger partial charge in [0.25, 0.3) is 0 Å². The minimum absolute atomic E-state index is 0.713. The molecule has 0 atom stereocenters. The molecule has 4 nitrogen and oxygen atoms in total. The Balaban J connectivity index is 1.53. The first-order chi connectivity index (χ1) is 12.3. The number of fused-ring (bicyclic) bond motifs is 1. The lowest BCUT2D eigenvalue weighted by atomic mass is 10.2. The van der Waals surface area contributed by atoms with E-state index >= 15 is 0 Å². The molecular weight excluding hydrogens is 334 g/mol. The van der Waals surface area contributed by atoms with Gasteiger partial charge in [0.2, 0.25) is 0 Å². The van der Waals surface area contributed by atoms with Crippen molar-refractivity contribution >= 4 is 28.2 Å². The van der Waals surface area contributed by atoms with Gasteiger partial charge in [0.1, 0.15) is 5.76 Å². The first-order valence-corrected chi connectivity index (χ1v) is 9.17. The molecule has 0 bridgehead atoms. The van der Waals surface area contributed by atoms with Crippen molar-refractivity contribution in [1.29, 1.82) is 0 Å². The number of halogens is 1. The standard InChI is InChI=1S/C20H24ClN3O/c1-2-11-24(15-17-5-3-13-25-17)12-4-9-22-19-8-10-23-20-14-16(21)6-7-18(19)20/h3,5-8,10,13-14H,2,4,9,11-12,15H2,1H3,(H,22,23). The molecule has 0 saturated heterocycles. The van der Waals surface area contributed by atoms with Crippen molar-refractivity contribution in [2.75, 3.05) is 25.0 Å². The van der Waals surface area contributed by atoms with E-state index in [9.17, 15) is 0 Å². The van der Waals surface area contributed by atoms with Gasteiger partial charge in [-0.1, -0.05) is 18.5 Å². The highest BCUT2D eigenvalue weighted by molar-refractivity contribution is 6.31. The Bertz CT molecular complexity index is 789. The molecular formula is C20H24ClN3O. The SMILES string of the molecule is CCCN(CCCNc1ccnc2cc(Cl)ccc12)Cc1ccco1. The number of nitrogens with one attached hydrogen (secondary N) is 1. The Morgan fingerprint density at radius 1 is 1.20 bits per heavy atom. The minimum atomic E-state index is 0.713. The second-order valence-electron chi connectivity index (χ2n) is 6.16. The van der Waals surface area contributed by atoms with Gasteiger partial charge in [-0.3, -0.25) is 9.88 Å². The number of aromatic nitrogens is 1. The van der Waals surface area contributed by atoms with E-state index in [-0.39, 0.29) is 0 Å². The van der Waals surface area contributed by atoms with E-state index in [1.54, 1.807) is 6.26 Å². The number of rotatable bonds is 9. The van der Waals surface area contributed by atoms with Gasteiger partial charge < -0.3 is 9.73 Å². The fraction of sp³-hybridized carbons (Fsp3) is 0.350. The summed E-state index contributed by atoms with van der Waals surface area (Å²) in [5.74, 6) is 1.03. The van der Waals surface area contributed by atoms with Crippen molar-refractivity contribution in [2.24, 2.45) is 0 Å². The van der Waals surface area contributed by atoms with Crippen molar-refractivity contribution in [2.45, 2.75) is 26.3 Å². The zero-order valence-corrected chi connectivity index (χ0v) is 15.3. The van der Waals surface area contributed by atoms with E-state index in [4.69, 9.17) is 16.0 Å². The van der Waals surface area contributed by atoms with Crippen LogP contribution in [0.25, 0.3) is 10.9 Å². The van der Waals surface area contributed by atoms with Crippen LogP contribution in [-0.4, -0.2) is 29.5 Å². The maximum absolute atomic E-state index is 6.05. The Labute approximate surface area is 153 Å². The molecule has 0 fully saturated rings. The summed E-state index contributed by atoms with van der Waals surface area (Å²) in [6.07, 6.45) is 5.77. The average molecular weight is 358 g/mol. The summed E-state index contributed by atoms with van der Waals surface area (Å²) in [5.41, 5.74) is 2.03. The molecule has 0 spiro atoms. The van der Waals surface area contributed by atoms with Gasteiger partial charge in [0.15, 0.2) is 0 Å². The monoisotopic (exact) mass is 357 g/mol. The van der Waals surface area contributed by atoms with Crippen LogP contribution in [0.4, 0.5) is 5.69 Å². The Morgan fingerprint density at radius 2 is 2.12 bits per heavy atom. The highest BCUT2D eigenvalue weighted by Crippen LogP contribution is 2.24. The summed E-state index contributed by atoms with van der Waals surface area (Å²) < 4.78 is 5.47. The maximum Gasteiger partial charge on any atom is 0.117 e. The Kier molecular flexibility index (Phi) is 6.31. The molecule has 0 saturated carbocycles. The number of furan rings is 1. The predicted octanol–water partition coefficient (Wildman–Crippen LogP) is 5.20. The van der Waals surface area contributed by atoms with Crippen LogP contribution in [0.5, 0.6) is 0 Å². The fourth-order valence-electron chi connectivity index (χ4n) is 3.01. The van der Waals surface area contributed by atoms with Gasteiger partial charge in [0.05, 0.1) is 18.3 Å². The number of pyridine rings is 1. The summed E-state index contributed by atoms with van der Waals surface area (Å²) in [6, 6.07) is 11.8. The number of nitrogens with zero attached hydrogens (tertiary/aromatic N) is 2. The van der Waals surface area contributed by atoms with Gasteiger partial charge in [0, 0.05) is 35.4 Å².